The SMILES string of the molecule is COC(=O)CCN1CCN(Cc2csnn2)C(C)C1. The van der Waals surface area contributed by atoms with Crippen molar-refractivity contribution < 1.29 is 9.53 Å². The Balaban J connectivity index is 1.76. The van der Waals surface area contributed by atoms with Gasteiger partial charge in [0.25, 0.3) is 0 Å². The largest absolute Gasteiger partial charge is 0.469 e. The summed E-state index contributed by atoms with van der Waals surface area (Å²) >= 11 is 1.39. The zero-order valence-corrected chi connectivity index (χ0v) is 12.2. The van der Waals surface area contributed by atoms with Crippen LogP contribution in [-0.4, -0.2) is 64.7 Å². The average molecular weight is 284 g/mol. The lowest BCUT2D eigenvalue weighted by molar-refractivity contribution is -0.141. The van der Waals surface area contributed by atoms with E-state index in [0.29, 0.717) is 12.5 Å². The molecule has 1 fully saturated rings. The van der Waals surface area contributed by atoms with Gasteiger partial charge in [0, 0.05) is 44.1 Å². The number of esters is 1. The number of nitrogens with zero attached hydrogens (tertiary/aromatic N) is 4. The molecule has 19 heavy (non-hydrogen) atoms. The van der Waals surface area contributed by atoms with Crippen LogP contribution in [0.5, 0.6) is 0 Å². The maximum Gasteiger partial charge on any atom is 0.306 e. The summed E-state index contributed by atoms with van der Waals surface area (Å²) in [7, 11) is 1.44. The highest BCUT2D eigenvalue weighted by atomic mass is 32.1. The Labute approximate surface area is 117 Å². The summed E-state index contributed by atoms with van der Waals surface area (Å²) in [6.07, 6.45) is 0.471. The van der Waals surface area contributed by atoms with E-state index in [0.717, 1.165) is 38.4 Å². The average Bonchev–Trinajstić information content (AvgIpc) is 2.91. The smallest absolute Gasteiger partial charge is 0.306 e. The van der Waals surface area contributed by atoms with Crippen LogP contribution in [0.2, 0.25) is 0 Å². The van der Waals surface area contributed by atoms with Gasteiger partial charge in [-0.2, -0.15) is 0 Å². The molecule has 0 amide bonds. The van der Waals surface area contributed by atoms with Crippen molar-refractivity contribution in [2.24, 2.45) is 0 Å². The van der Waals surface area contributed by atoms with Gasteiger partial charge in [0.1, 0.15) is 0 Å². The Morgan fingerprint density at radius 2 is 2.42 bits per heavy atom. The van der Waals surface area contributed by atoms with E-state index in [1.807, 2.05) is 5.38 Å². The van der Waals surface area contributed by atoms with E-state index in [4.69, 9.17) is 0 Å². The predicted octanol–water partition coefficient (Wildman–Crippen LogP) is 0.607. The number of aromatic nitrogens is 2. The molecular weight excluding hydrogens is 264 g/mol. The third kappa shape index (κ3) is 4.22. The molecule has 7 heteroatoms. The second-order valence-corrected chi connectivity index (χ2v) is 5.45. The normalized spacial score (nSPS) is 21.5. The van der Waals surface area contributed by atoms with Crippen LogP contribution in [0.4, 0.5) is 0 Å². The molecule has 6 nitrogen and oxygen atoms in total. The van der Waals surface area contributed by atoms with Crippen molar-refractivity contribution in [1.29, 1.82) is 0 Å². The van der Waals surface area contributed by atoms with E-state index in [1.165, 1.54) is 18.6 Å². The molecule has 0 aromatic carbocycles. The molecule has 106 valence electrons. The van der Waals surface area contributed by atoms with Gasteiger partial charge in [-0.25, -0.2) is 0 Å². The first-order chi connectivity index (χ1) is 9.19. The molecule has 0 saturated carbocycles. The molecule has 2 rings (SSSR count). The van der Waals surface area contributed by atoms with Gasteiger partial charge in [0.2, 0.25) is 0 Å². The molecule has 1 atom stereocenters. The van der Waals surface area contributed by atoms with Crippen molar-refractivity contribution in [2.75, 3.05) is 33.3 Å². The highest BCUT2D eigenvalue weighted by molar-refractivity contribution is 7.03. The summed E-state index contributed by atoms with van der Waals surface area (Å²) in [6.45, 7) is 6.82. The van der Waals surface area contributed by atoms with E-state index < -0.39 is 0 Å². The molecule has 1 unspecified atom stereocenters. The Hall–Kier alpha value is -1.05. The summed E-state index contributed by atoms with van der Waals surface area (Å²) in [5, 5.41) is 6.08. The number of ether oxygens (including phenoxy) is 1. The van der Waals surface area contributed by atoms with Gasteiger partial charge >= 0.3 is 5.97 Å². The van der Waals surface area contributed by atoms with E-state index >= 15 is 0 Å². The summed E-state index contributed by atoms with van der Waals surface area (Å²) < 4.78 is 8.56. The molecule has 0 radical (unpaired) electrons. The Morgan fingerprint density at radius 1 is 1.58 bits per heavy atom. The molecular formula is C12H20N4O2S. The molecule has 1 aromatic rings. The minimum Gasteiger partial charge on any atom is -0.469 e. The molecule has 1 aliphatic heterocycles. The van der Waals surface area contributed by atoms with Gasteiger partial charge in [0.15, 0.2) is 0 Å². The van der Waals surface area contributed by atoms with Gasteiger partial charge in [-0.3, -0.25) is 14.6 Å². The van der Waals surface area contributed by atoms with Crippen LogP contribution < -0.4 is 0 Å². The summed E-state index contributed by atoms with van der Waals surface area (Å²) in [5.41, 5.74) is 1.04. The molecule has 1 aliphatic rings. The van der Waals surface area contributed by atoms with Gasteiger partial charge < -0.3 is 4.74 Å². The van der Waals surface area contributed by atoms with Crippen LogP contribution in [-0.2, 0) is 16.1 Å². The third-order valence-corrected chi connectivity index (χ3v) is 4.03. The molecule has 0 N–H and O–H groups in total. The highest BCUT2D eigenvalue weighted by Crippen LogP contribution is 2.13. The fourth-order valence-corrected chi connectivity index (χ4v) is 2.76. The van der Waals surface area contributed by atoms with Crippen molar-refractivity contribution in [3.8, 4) is 0 Å². The summed E-state index contributed by atoms with van der Waals surface area (Å²) in [4.78, 5) is 15.9. The maximum absolute atomic E-state index is 11.1. The summed E-state index contributed by atoms with van der Waals surface area (Å²) in [6, 6.07) is 0.466. The minimum absolute atomic E-state index is 0.136. The van der Waals surface area contributed by atoms with Crippen LogP contribution in [0.25, 0.3) is 0 Å². The molecule has 0 aliphatic carbocycles. The number of rotatable bonds is 5. The lowest BCUT2D eigenvalue weighted by Gasteiger charge is -2.39. The Bertz CT molecular complexity index is 398. The fourth-order valence-electron chi connectivity index (χ4n) is 2.32. The molecule has 1 saturated heterocycles. The first kappa shape index (κ1) is 14.4. The zero-order chi connectivity index (χ0) is 13.7. The number of hydrogen-bond acceptors (Lipinski definition) is 7. The number of piperazine rings is 1. The van der Waals surface area contributed by atoms with Gasteiger partial charge in [0.05, 0.1) is 19.2 Å². The third-order valence-electron chi connectivity index (χ3n) is 3.48. The zero-order valence-electron chi connectivity index (χ0n) is 11.4. The number of hydrogen-bond donors (Lipinski definition) is 0. The van der Waals surface area contributed by atoms with Gasteiger partial charge in [-0.05, 0) is 18.5 Å². The van der Waals surface area contributed by atoms with E-state index in [2.05, 4.69) is 31.0 Å². The minimum atomic E-state index is -0.136. The van der Waals surface area contributed by atoms with E-state index in [-0.39, 0.29) is 5.97 Å². The van der Waals surface area contributed by atoms with E-state index in [9.17, 15) is 4.79 Å². The van der Waals surface area contributed by atoms with Crippen LogP contribution in [0, 0.1) is 0 Å². The quantitative estimate of drug-likeness (QED) is 0.738. The molecule has 0 spiro atoms. The van der Waals surface area contributed by atoms with Crippen LogP contribution in [0.3, 0.4) is 0 Å². The van der Waals surface area contributed by atoms with Gasteiger partial charge in [-0.15, -0.1) is 5.10 Å². The predicted molar refractivity (Wildman–Crippen MR) is 72.9 cm³/mol. The Kier molecular flexibility index (Phi) is 5.24. The first-order valence-electron chi connectivity index (χ1n) is 6.48. The number of methoxy groups -OCH3 is 1. The van der Waals surface area contributed by atoms with Crippen LogP contribution >= 0.6 is 11.5 Å². The standard InChI is InChI=1S/C12H20N4O2S/c1-10-7-15(4-3-12(17)18-2)5-6-16(10)8-11-9-19-14-13-11/h9-10H,3-8H2,1-2H3. The van der Waals surface area contributed by atoms with Crippen molar-refractivity contribution in [2.45, 2.75) is 25.9 Å². The molecule has 2 heterocycles. The first-order valence-corrected chi connectivity index (χ1v) is 7.32. The maximum atomic E-state index is 11.1. The van der Waals surface area contributed by atoms with Gasteiger partial charge in [-0.1, -0.05) is 4.49 Å². The van der Waals surface area contributed by atoms with Crippen LogP contribution in [0.1, 0.15) is 19.0 Å². The highest BCUT2D eigenvalue weighted by Gasteiger charge is 2.24. The van der Waals surface area contributed by atoms with E-state index in [1.54, 1.807) is 0 Å². The van der Waals surface area contributed by atoms with Crippen molar-refractivity contribution in [3.05, 3.63) is 11.1 Å². The lowest BCUT2D eigenvalue weighted by atomic mass is 10.1. The number of carbonyl (C=O) groups excluding carboxylic acids is 1. The van der Waals surface area contributed by atoms with Crippen molar-refractivity contribution in [1.82, 2.24) is 19.4 Å². The second-order valence-electron chi connectivity index (χ2n) is 4.84. The second kappa shape index (κ2) is 6.93. The lowest BCUT2D eigenvalue weighted by Crippen LogP contribution is -2.51. The number of carbonyl (C=O) groups is 1. The molecule has 0 bridgehead atoms. The Morgan fingerprint density at radius 3 is 3.05 bits per heavy atom. The van der Waals surface area contributed by atoms with Crippen molar-refractivity contribution in [3.63, 3.8) is 0 Å². The summed E-state index contributed by atoms with van der Waals surface area (Å²) in [5.74, 6) is -0.136. The topological polar surface area (TPSA) is 58.6 Å². The van der Waals surface area contributed by atoms with Crippen molar-refractivity contribution >= 4 is 17.5 Å². The molecule has 1 aromatic heterocycles. The fraction of sp³-hybridized carbons (Fsp3) is 0.750. The monoisotopic (exact) mass is 284 g/mol. The van der Waals surface area contributed by atoms with Crippen LogP contribution in [0.15, 0.2) is 5.38 Å².